The lowest BCUT2D eigenvalue weighted by Gasteiger charge is -2.32. The number of hydrogen-bond donors (Lipinski definition) is 0. The van der Waals surface area contributed by atoms with Gasteiger partial charge in [0.2, 0.25) is 0 Å². The van der Waals surface area contributed by atoms with Crippen LogP contribution in [0.15, 0.2) is 12.1 Å². The molecule has 18 heavy (non-hydrogen) atoms. The number of hydrogen-bond acceptors (Lipinski definition) is 5. The van der Waals surface area contributed by atoms with Crippen LogP contribution in [0, 0.1) is 6.92 Å². The average molecular weight is 287 g/mol. The molecular weight excluding hydrogens is 270 g/mol. The first-order valence-electron chi connectivity index (χ1n) is 5.91. The van der Waals surface area contributed by atoms with Crippen LogP contribution in [-0.4, -0.2) is 49.7 Å². The zero-order valence-electron chi connectivity index (χ0n) is 10.5. The van der Waals surface area contributed by atoms with E-state index in [1.807, 2.05) is 30.9 Å². The van der Waals surface area contributed by atoms with E-state index in [9.17, 15) is 13.2 Å². The third kappa shape index (κ3) is 3.18. The molecular formula is C12H17NO3S2. The summed E-state index contributed by atoms with van der Waals surface area (Å²) < 4.78 is 22.9. The van der Waals surface area contributed by atoms with Crippen LogP contribution in [0.5, 0.6) is 0 Å². The lowest BCUT2D eigenvalue weighted by atomic mass is 10.2. The van der Waals surface area contributed by atoms with Crippen LogP contribution in [0.4, 0.5) is 0 Å². The van der Waals surface area contributed by atoms with Crippen LogP contribution < -0.4 is 0 Å². The zero-order valence-corrected chi connectivity index (χ0v) is 12.2. The smallest absolute Gasteiger partial charge is 0.186 e. The van der Waals surface area contributed by atoms with Gasteiger partial charge in [-0.15, -0.1) is 11.3 Å². The number of carbonyl (C=O) groups excluding carboxylic acids is 1. The molecule has 1 fully saturated rings. The number of aryl methyl sites for hydroxylation is 1. The van der Waals surface area contributed by atoms with Gasteiger partial charge >= 0.3 is 0 Å². The molecule has 4 nitrogen and oxygen atoms in total. The van der Waals surface area contributed by atoms with Crippen molar-refractivity contribution in [2.45, 2.75) is 19.9 Å². The lowest BCUT2D eigenvalue weighted by Crippen LogP contribution is -2.48. The molecule has 0 bridgehead atoms. The van der Waals surface area contributed by atoms with E-state index in [0.717, 1.165) is 9.75 Å². The average Bonchev–Trinajstić information content (AvgIpc) is 2.68. The molecule has 1 atom stereocenters. The largest absolute Gasteiger partial charge is 0.292 e. The van der Waals surface area contributed by atoms with Gasteiger partial charge < -0.3 is 0 Å². The maximum absolute atomic E-state index is 12.1. The van der Waals surface area contributed by atoms with E-state index in [0.29, 0.717) is 13.1 Å². The second-order valence-corrected chi connectivity index (χ2v) is 8.28. The Kier molecular flexibility index (Phi) is 3.89. The van der Waals surface area contributed by atoms with Crippen molar-refractivity contribution in [1.29, 1.82) is 0 Å². The van der Waals surface area contributed by atoms with Crippen molar-refractivity contribution in [3.8, 4) is 0 Å². The van der Waals surface area contributed by atoms with E-state index in [-0.39, 0.29) is 23.3 Å². The van der Waals surface area contributed by atoms with Gasteiger partial charge in [0.15, 0.2) is 15.6 Å². The van der Waals surface area contributed by atoms with E-state index < -0.39 is 9.84 Å². The summed E-state index contributed by atoms with van der Waals surface area (Å²) >= 11 is 1.49. The maximum atomic E-state index is 12.1. The number of thiophene rings is 1. The number of rotatable bonds is 3. The van der Waals surface area contributed by atoms with E-state index in [1.165, 1.54) is 11.3 Å². The normalized spacial score (nSPS) is 24.0. The van der Waals surface area contributed by atoms with Gasteiger partial charge in [-0.25, -0.2) is 8.42 Å². The third-order valence-electron chi connectivity index (χ3n) is 3.17. The van der Waals surface area contributed by atoms with Crippen molar-refractivity contribution in [3.05, 3.63) is 21.9 Å². The number of ketones is 1. The van der Waals surface area contributed by atoms with E-state index in [4.69, 9.17) is 0 Å². The molecule has 0 aliphatic carbocycles. The number of Topliss-reactive ketones (excluding diaryl/α,β-unsaturated/α-hetero) is 1. The summed E-state index contributed by atoms with van der Waals surface area (Å²) in [5, 5.41) is 0. The van der Waals surface area contributed by atoms with E-state index >= 15 is 0 Å². The summed E-state index contributed by atoms with van der Waals surface area (Å²) in [5.74, 6) is 0.400. The molecule has 1 aromatic heterocycles. The second-order valence-electron chi connectivity index (χ2n) is 4.77. The molecule has 0 radical (unpaired) electrons. The molecule has 0 aromatic carbocycles. The van der Waals surface area contributed by atoms with E-state index in [2.05, 4.69) is 0 Å². The van der Waals surface area contributed by atoms with Crippen LogP contribution in [0.25, 0.3) is 0 Å². The third-order valence-corrected chi connectivity index (χ3v) is 6.01. The highest BCUT2D eigenvalue weighted by Crippen LogP contribution is 2.18. The van der Waals surface area contributed by atoms with Crippen molar-refractivity contribution in [2.24, 2.45) is 0 Å². The summed E-state index contributed by atoms with van der Waals surface area (Å²) in [6.45, 7) is 4.61. The van der Waals surface area contributed by atoms with Gasteiger partial charge in [0, 0.05) is 17.5 Å². The number of nitrogens with zero attached hydrogens (tertiary/aromatic N) is 1. The van der Waals surface area contributed by atoms with Gasteiger partial charge in [0.1, 0.15) is 0 Å². The van der Waals surface area contributed by atoms with Gasteiger partial charge in [-0.3, -0.25) is 9.69 Å². The van der Waals surface area contributed by atoms with Crippen LogP contribution >= 0.6 is 11.3 Å². The minimum atomic E-state index is -2.91. The van der Waals surface area contributed by atoms with Gasteiger partial charge in [0.05, 0.1) is 22.9 Å². The first-order chi connectivity index (χ1) is 8.37. The standard InChI is InChI=1S/C12H17NO3S2/c1-9-8-18(15,16)6-5-13(9)7-11(14)12-4-3-10(2)17-12/h3-4,9H,5-8H2,1-2H3. The summed E-state index contributed by atoms with van der Waals surface area (Å²) in [6.07, 6.45) is 0. The fraction of sp³-hybridized carbons (Fsp3) is 0.583. The van der Waals surface area contributed by atoms with Crippen molar-refractivity contribution in [3.63, 3.8) is 0 Å². The highest BCUT2D eigenvalue weighted by atomic mass is 32.2. The van der Waals surface area contributed by atoms with Gasteiger partial charge in [-0.2, -0.15) is 0 Å². The molecule has 0 amide bonds. The molecule has 2 heterocycles. The fourth-order valence-electron chi connectivity index (χ4n) is 2.11. The molecule has 0 N–H and O–H groups in total. The van der Waals surface area contributed by atoms with Crippen molar-refractivity contribution in [1.82, 2.24) is 4.90 Å². The predicted molar refractivity (Wildman–Crippen MR) is 73.1 cm³/mol. The SMILES string of the molecule is Cc1ccc(C(=O)CN2CCS(=O)(=O)CC2C)s1. The summed E-state index contributed by atoms with van der Waals surface area (Å²) in [5.41, 5.74) is 0. The zero-order chi connectivity index (χ0) is 13.3. The Hall–Kier alpha value is -0.720. The molecule has 1 aromatic rings. The van der Waals surface area contributed by atoms with Crippen molar-refractivity contribution in [2.75, 3.05) is 24.6 Å². The fourth-order valence-corrected chi connectivity index (χ4v) is 4.54. The minimum absolute atomic E-state index is 0.0752. The molecule has 1 aliphatic heterocycles. The second kappa shape index (κ2) is 5.11. The first-order valence-corrected chi connectivity index (χ1v) is 8.55. The number of carbonyl (C=O) groups is 1. The maximum Gasteiger partial charge on any atom is 0.186 e. The molecule has 1 saturated heterocycles. The van der Waals surface area contributed by atoms with Crippen LogP contribution in [0.3, 0.4) is 0 Å². The van der Waals surface area contributed by atoms with E-state index in [1.54, 1.807) is 0 Å². The van der Waals surface area contributed by atoms with Gasteiger partial charge in [-0.05, 0) is 26.0 Å². The van der Waals surface area contributed by atoms with Crippen LogP contribution in [0.2, 0.25) is 0 Å². The molecule has 0 saturated carbocycles. The van der Waals surface area contributed by atoms with Crippen LogP contribution in [0.1, 0.15) is 21.5 Å². The molecule has 6 heteroatoms. The Morgan fingerprint density at radius 1 is 1.50 bits per heavy atom. The Balaban J connectivity index is 2.00. The van der Waals surface area contributed by atoms with Crippen LogP contribution in [-0.2, 0) is 9.84 Å². The molecule has 1 unspecified atom stereocenters. The topological polar surface area (TPSA) is 54.5 Å². The van der Waals surface area contributed by atoms with Gasteiger partial charge in [0.25, 0.3) is 0 Å². The lowest BCUT2D eigenvalue weighted by molar-refractivity contribution is 0.0912. The van der Waals surface area contributed by atoms with Crippen molar-refractivity contribution < 1.29 is 13.2 Å². The summed E-state index contributed by atoms with van der Waals surface area (Å²) in [4.78, 5) is 15.9. The Bertz CT molecular complexity index is 547. The Labute approximate surface area is 112 Å². The summed E-state index contributed by atoms with van der Waals surface area (Å²) in [6, 6.07) is 3.70. The molecule has 2 rings (SSSR count). The molecule has 0 spiro atoms. The Morgan fingerprint density at radius 2 is 2.22 bits per heavy atom. The van der Waals surface area contributed by atoms with Crippen molar-refractivity contribution >= 4 is 27.0 Å². The molecule has 1 aliphatic rings. The first kappa shape index (κ1) is 13.7. The monoisotopic (exact) mass is 287 g/mol. The highest BCUT2D eigenvalue weighted by Gasteiger charge is 2.29. The quantitative estimate of drug-likeness (QED) is 0.788. The molecule has 100 valence electrons. The summed E-state index contributed by atoms with van der Waals surface area (Å²) in [7, 11) is -2.91. The highest BCUT2D eigenvalue weighted by molar-refractivity contribution is 7.91. The Morgan fingerprint density at radius 3 is 2.78 bits per heavy atom. The number of sulfone groups is 1. The predicted octanol–water partition coefficient (Wildman–Crippen LogP) is 1.36. The minimum Gasteiger partial charge on any atom is -0.292 e. The van der Waals surface area contributed by atoms with Gasteiger partial charge in [-0.1, -0.05) is 0 Å².